The van der Waals surface area contributed by atoms with E-state index in [4.69, 9.17) is 0 Å². The van der Waals surface area contributed by atoms with Crippen LogP contribution in [0.4, 0.5) is 22.7 Å². The third kappa shape index (κ3) is 3.77. The zero-order valence-corrected chi connectivity index (χ0v) is 27.5. The maximum atomic E-state index is 4.17. The number of anilines is 4. The molecule has 1 saturated carbocycles. The average Bonchev–Trinajstić information content (AvgIpc) is 3.59. The van der Waals surface area contributed by atoms with Gasteiger partial charge in [0.15, 0.2) is 7.28 Å². The molecule has 2 atom stereocenters. The Balaban J connectivity index is 1.31. The van der Waals surface area contributed by atoms with Crippen LogP contribution < -0.4 is 21.1 Å². The van der Waals surface area contributed by atoms with Gasteiger partial charge in [0, 0.05) is 61.2 Å². The summed E-state index contributed by atoms with van der Waals surface area (Å²) in [6.45, 7) is 4.96. The van der Waals surface area contributed by atoms with E-state index in [1.165, 1.54) is 86.5 Å². The zero-order chi connectivity index (χ0) is 32.0. The molecule has 1 radical (unpaired) electrons. The summed E-state index contributed by atoms with van der Waals surface area (Å²) in [5, 5.41) is 6.76. The average molecular weight is 619 g/mol. The van der Waals surface area contributed by atoms with E-state index >= 15 is 0 Å². The fraction of sp³-hybridized carbons (Fsp3) is 0.182. The van der Waals surface area contributed by atoms with E-state index in [9.17, 15) is 0 Å². The minimum Gasteiger partial charge on any atom is -0.378 e. The molecule has 1 fully saturated rings. The molecule has 1 N–H and O–H groups in total. The largest absolute Gasteiger partial charge is 0.378 e. The fourth-order valence-corrected chi connectivity index (χ4v) is 9.27. The highest BCUT2D eigenvalue weighted by Gasteiger charge is 2.53. The molecule has 0 spiro atoms. The molecule has 0 saturated heterocycles. The van der Waals surface area contributed by atoms with Gasteiger partial charge >= 0.3 is 0 Å². The molecule has 0 amide bonds. The minimum absolute atomic E-state index is 0.0422. The predicted molar refractivity (Wildman–Crippen MR) is 204 cm³/mol. The van der Waals surface area contributed by atoms with Gasteiger partial charge in [0.25, 0.3) is 0 Å². The summed E-state index contributed by atoms with van der Waals surface area (Å²) in [7, 11) is 2.44. The Labute approximate surface area is 283 Å². The highest BCUT2D eigenvalue weighted by Crippen LogP contribution is 2.57. The van der Waals surface area contributed by atoms with Crippen molar-refractivity contribution in [1.82, 2.24) is 4.57 Å². The van der Waals surface area contributed by atoms with Crippen molar-refractivity contribution in [2.45, 2.75) is 50.5 Å². The van der Waals surface area contributed by atoms with E-state index in [-0.39, 0.29) is 11.0 Å². The lowest BCUT2D eigenvalue weighted by Crippen LogP contribution is -2.50. The van der Waals surface area contributed by atoms with E-state index in [1.54, 1.807) is 0 Å². The van der Waals surface area contributed by atoms with Gasteiger partial charge in [0.1, 0.15) is 0 Å². The van der Waals surface area contributed by atoms with Gasteiger partial charge in [0.2, 0.25) is 0 Å². The number of nitrogens with zero attached hydrogens (tertiary/aromatic N) is 2. The summed E-state index contributed by atoms with van der Waals surface area (Å²) in [5.74, 6) is 0. The lowest BCUT2D eigenvalue weighted by Gasteiger charge is -2.45. The number of hydrogen-bond acceptors (Lipinski definition) is 2. The van der Waals surface area contributed by atoms with Crippen LogP contribution in [-0.4, -0.2) is 17.4 Å². The van der Waals surface area contributed by atoms with Crippen LogP contribution in [0.15, 0.2) is 133 Å². The standard InChI is InChI=1S/C44H37BN3/c1-43-25-11-12-26-44(43,2)46-41-33(20-13-22-36(41)43)35-27-31(47(29-15-5-3-6-16-29)30-17-7-4-8-18-30)28-39-40(35)45-37-23-14-21-34-32-19-9-10-24-38(32)48(39)42(34)37/h3-10,13-24,27-28,46H,11-12,25-26H2,1-2H3. The maximum Gasteiger partial charge on any atom is 0.197 e. The van der Waals surface area contributed by atoms with Crippen LogP contribution in [0.25, 0.3) is 38.6 Å². The molecule has 6 aromatic carbocycles. The lowest BCUT2D eigenvalue weighted by molar-refractivity contribution is 0.214. The molecule has 1 aromatic heterocycles. The number of nitrogens with one attached hydrogen (secondary N) is 1. The fourth-order valence-electron chi connectivity index (χ4n) is 9.27. The monoisotopic (exact) mass is 618 g/mol. The summed E-state index contributed by atoms with van der Waals surface area (Å²) in [6.07, 6.45) is 4.97. The van der Waals surface area contributed by atoms with E-state index in [2.05, 4.69) is 169 Å². The van der Waals surface area contributed by atoms with Gasteiger partial charge in [0.05, 0.1) is 5.52 Å². The van der Waals surface area contributed by atoms with Gasteiger partial charge < -0.3 is 14.8 Å². The first-order valence-electron chi connectivity index (χ1n) is 17.4. The van der Waals surface area contributed by atoms with Gasteiger partial charge in [-0.05, 0) is 78.8 Å². The molecule has 3 nitrogen and oxygen atoms in total. The summed E-state index contributed by atoms with van der Waals surface area (Å²) in [6, 6.07) is 49.1. The first-order chi connectivity index (χ1) is 23.5. The number of para-hydroxylation sites is 5. The topological polar surface area (TPSA) is 20.2 Å². The second kappa shape index (κ2) is 10.1. The van der Waals surface area contributed by atoms with Crippen molar-refractivity contribution in [3.63, 3.8) is 0 Å². The Hall–Kier alpha value is -5.22. The quantitative estimate of drug-likeness (QED) is 0.198. The highest BCUT2D eigenvalue weighted by molar-refractivity contribution is 6.73. The first kappa shape index (κ1) is 27.9. The molecule has 7 aromatic rings. The molecule has 2 aliphatic heterocycles. The molecule has 0 bridgehead atoms. The van der Waals surface area contributed by atoms with E-state index in [1.807, 2.05) is 0 Å². The smallest absolute Gasteiger partial charge is 0.197 e. The number of hydrogen-bond donors (Lipinski definition) is 1. The zero-order valence-electron chi connectivity index (χ0n) is 27.5. The highest BCUT2D eigenvalue weighted by atomic mass is 15.1. The molecular weight excluding hydrogens is 581 g/mol. The molecule has 2 unspecified atom stereocenters. The van der Waals surface area contributed by atoms with E-state index in [0.717, 1.165) is 17.1 Å². The molecule has 1 aliphatic carbocycles. The van der Waals surface area contributed by atoms with Gasteiger partial charge in [-0.25, -0.2) is 0 Å². The van der Waals surface area contributed by atoms with Crippen molar-refractivity contribution < 1.29 is 0 Å². The Kier molecular flexibility index (Phi) is 5.89. The van der Waals surface area contributed by atoms with Crippen LogP contribution in [0.3, 0.4) is 0 Å². The van der Waals surface area contributed by atoms with Crippen LogP contribution in [0.1, 0.15) is 45.1 Å². The van der Waals surface area contributed by atoms with Crippen molar-refractivity contribution >= 4 is 62.8 Å². The normalized spacial score (nSPS) is 20.5. The summed E-state index contributed by atoms with van der Waals surface area (Å²) in [5.41, 5.74) is 15.2. The Morgan fingerprint density at radius 3 is 2.12 bits per heavy atom. The number of aromatic nitrogens is 1. The number of rotatable bonds is 4. The maximum absolute atomic E-state index is 4.17. The third-order valence-electron chi connectivity index (χ3n) is 11.9. The Morgan fingerprint density at radius 2 is 1.33 bits per heavy atom. The Morgan fingerprint density at radius 1 is 0.646 bits per heavy atom. The van der Waals surface area contributed by atoms with Crippen molar-refractivity contribution in [2.24, 2.45) is 0 Å². The van der Waals surface area contributed by atoms with Crippen molar-refractivity contribution in [3.05, 3.63) is 139 Å². The molecule has 3 aliphatic rings. The first-order valence-corrected chi connectivity index (χ1v) is 17.4. The minimum atomic E-state index is 0.0422. The van der Waals surface area contributed by atoms with Crippen molar-refractivity contribution in [2.75, 3.05) is 10.2 Å². The van der Waals surface area contributed by atoms with Crippen LogP contribution in [-0.2, 0) is 5.41 Å². The van der Waals surface area contributed by atoms with Crippen LogP contribution in [0.2, 0.25) is 0 Å². The van der Waals surface area contributed by atoms with Crippen molar-refractivity contribution in [3.8, 4) is 16.8 Å². The van der Waals surface area contributed by atoms with Crippen molar-refractivity contribution in [1.29, 1.82) is 0 Å². The second-order valence-electron chi connectivity index (χ2n) is 14.4. The van der Waals surface area contributed by atoms with E-state index < -0.39 is 0 Å². The molecule has 10 rings (SSSR count). The van der Waals surface area contributed by atoms with Crippen LogP contribution in [0, 0.1) is 0 Å². The van der Waals surface area contributed by atoms with E-state index in [0.29, 0.717) is 0 Å². The Bertz CT molecular complexity index is 2360. The molecule has 3 heterocycles. The number of benzene rings is 6. The van der Waals surface area contributed by atoms with Gasteiger partial charge in [-0.3, -0.25) is 0 Å². The van der Waals surface area contributed by atoms with Gasteiger partial charge in [-0.2, -0.15) is 0 Å². The molecule has 231 valence electrons. The van der Waals surface area contributed by atoms with Crippen LogP contribution in [0.5, 0.6) is 0 Å². The molecular formula is C44H37BN3. The molecule has 48 heavy (non-hydrogen) atoms. The molecule has 4 heteroatoms. The SMILES string of the molecule is CC12CCCCC1(C)c1cccc(-c3cc(N(c4ccccc4)c4ccccc4)cc4c3[B]c3cccc5c6ccccc6n-4c35)c1N2. The van der Waals surface area contributed by atoms with Crippen LogP contribution >= 0.6 is 0 Å². The predicted octanol–water partition coefficient (Wildman–Crippen LogP) is 9.90. The lowest BCUT2D eigenvalue weighted by atomic mass is 9.58. The number of fused-ring (bicyclic) bond motifs is 8. The summed E-state index contributed by atoms with van der Waals surface area (Å²) < 4.78 is 2.52. The van der Waals surface area contributed by atoms with Gasteiger partial charge in [-0.1, -0.05) is 116 Å². The summed E-state index contributed by atoms with van der Waals surface area (Å²) in [4.78, 5) is 2.41. The second-order valence-corrected chi connectivity index (χ2v) is 14.4. The third-order valence-corrected chi connectivity index (χ3v) is 11.9. The van der Waals surface area contributed by atoms with Gasteiger partial charge in [-0.15, -0.1) is 0 Å². The summed E-state index contributed by atoms with van der Waals surface area (Å²) >= 11 is 0.